The van der Waals surface area contributed by atoms with E-state index in [2.05, 4.69) is 10.4 Å². The number of alkyl halides is 3. The van der Waals surface area contributed by atoms with Gasteiger partial charge in [0.05, 0.1) is 47.8 Å². The third-order valence-corrected chi connectivity index (χ3v) is 6.04. The monoisotopic (exact) mass is 515 g/mol. The molecule has 1 heterocycles. The molecule has 192 valence electrons. The first-order valence-electron chi connectivity index (χ1n) is 11.3. The number of nitrogens with zero attached hydrogens (tertiary/aromatic N) is 4. The van der Waals surface area contributed by atoms with Crippen LogP contribution in [0.15, 0.2) is 66.9 Å². The zero-order chi connectivity index (χ0) is 26.8. The highest BCUT2D eigenvalue weighted by Crippen LogP contribution is 2.34. The number of hydrogen-bond donors (Lipinski definition) is 2. The lowest BCUT2D eigenvalue weighted by atomic mass is 10.0. The Morgan fingerprint density at radius 1 is 1.08 bits per heavy atom. The van der Waals surface area contributed by atoms with Crippen LogP contribution >= 0.6 is 0 Å². The second-order valence-corrected chi connectivity index (χ2v) is 8.45. The molecule has 0 radical (unpaired) electrons. The summed E-state index contributed by atoms with van der Waals surface area (Å²) < 4.78 is 71.8. The van der Waals surface area contributed by atoms with Crippen molar-refractivity contribution in [3.63, 3.8) is 0 Å². The van der Waals surface area contributed by atoms with Crippen LogP contribution in [0.25, 0.3) is 16.6 Å². The third-order valence-electron chi connectivity index (χ3n) is 6.04. The van der Waals surface area contributed by atoms with Gasteiger partial charge in [0.25, 0.3) is 0 Å². The molecule has 0 fully saturated rings. The van der Waals surface area contributed by atoms with Crippen LogP contribution in [-0.2, 0) is 0 Å². The maximum absolute atomic E-state index is 14.3. The minimum absolute atomic E-state index is 0.105. The van der Waals surface area contributed by atoms with E-state index in [0.717, 1.165) is 23.1 Å². The molecular formula is C26H22F5N5O. The SMILES string of the molecule is CCN(CC(O)(CNc1cccc2c1cnn2-c1ccc(C#N)cc1)C(F)(F)F)c1cc(F)ccc1F. The van der Waals surface area contributed by atoms with E-state index in [0.29, 0.717) is 27.8 Å². The zero-order valence-electron chi connectivity index (χ0n) is 19.6. The summed E-state index contributed by atoms with van der Waals surface area (Å²) in [6.45, 7) is -0.607. The summed E-state index contributed by atoms with van der Waals surface area (Å²) >= 11 is 0. The van der Waals surface area contributed by atoms with Crippen LogP contribution in [0.2, 0.25) is 0 Å². The Morgan fingerprint density at radius 2 is 1.81 bits per heavy atom. The molecule has 0 amide bonds. The van der Waals surface area contributed by atoms with Crippen molar-refractivity contribution < 1.29 is 27.1 Å². The van der Waals surface area contributed by atoms with E-state index in [4.69, 9.17) is 5.26 Å². The Hall–Kier alpha value is -4.17. The van der Waals surface area contributed by atoms with E-state index in [9.17, 15) is 27.1 Å². The van der Waals surface area contributed by atoms with Crippen LogP contribution < -0.4 is 10.2 Å². The van der Waals surface area contributed by atoms with E-state index in [1.165, 1.54) is 13.1 Å². The van der Waals surface area contributed by atoms with Crippen LogP contribution in [0.5, 0.6) is 0 Å². The Kier molecular flexibility index (Phi) is 7.05. The lowest BCUT2D eigenvalue weighted by Gasteiger charge is -2.36. The molecule has 1 unspecified atom stereocenters. The van der Waals surface area contributed by atoms with Gasteiger partial charge in [0.1, 0.15) is 11.6 Å². The number of aromatic nitrogens is 2. The fourth-order valence-electron chi connectivity index (χ4n) is 3.99. The van der Waals surface area contributed by atoms with Crippen molar-refractivity contribution in [3.05, 3.63) is 84.1 Å². The van der Waals surface area contributed by atoms with E-state index < -0.39 is 36.5 Å². The van der Waals surface area contributed by atoms with Gasteiger partial charge in [0.15, 0.2) is 5.60 Å². The number of aliphatic hydroxyl groups is 1. The number of nitrogens with one attached hydrogen (secondary N) is 1. The fraction of sp³-hybridized carbons (Fsp3) is 0.231. The Morgan fingerprint density at radius 3 is 2.46 bits per heavy atom. The number of rotatable bonds is 8. The molecule has 6 nitrogen and oxygen atoms in total. The van der Waals surface area contributed by atoms with Gasteiger partial charge in [-0.3, -0.25) is 0 Å². The summed E-state index contributed by atoms with van der Waals surface area (Å²) in [4.78, 5) is 0.942. The molecule has 4 aromatic rings. The summed E-state index contributed by atoms with van der Waals surface area (Å²) in [6, 6.07) is 16.0. The lowest BCUT2D eigenvalue weighted by molar-refractivity contribution is -0.250. The molecule has 0 aliphatic carbocycles. The number of fused-ring (bicyclic) bond motifs is 1. The molecule has 0 aliphatic heterocycles. The molecule has 2 N–H and O–H groups in total. The summed E-state index contributed by atoms with van der Waals surface area (Å²) in [5, 5.41) is 27.2. The summed E-state index contributed by atoms with van der Waals surface area (Å²) in [6.07, 6.45) is -3.61. The average Bonchev–Trinajstić information content (AvgIpc) is 3.32. The average molecular weight is 515 g/mol. The maximum atomic E-state index is 14.3. The van der Waals surface area contributed by atoms with Crippen molar-refractivity contribution in [1.29, 1.82) is 5.26 Å². The molecule has 3 aromatic carbocycles. The first-order chi connectivity index (χ1) is 17.6. The van der Waals surface area contributed by atoms with Gasteiger partial charge >= 0.3 is 6.18 Å². The first kappa shape index (κ1) is 25.9. The summed E-state index contributed by atoms with van der Waals surface area (Å²) in [7, 11) is 0. The van der Waals surface area contributed by atoms with Gasteiger partial charge in [-0.15, -0.1) is 0 Å². The molecule has 4 rings (SSSR count). The van der Waals surface area contributed by atoms with Gasteiger partial charge in [0, 0.05) is 23.7 Å². The van der Waals surface area contributed by atoms with Gasteiger partial charge in [-0.2, -0.15) is 23.5 Å². The van der Waals surface area contributed by atoms with Gasteiger partial charge in [-0.25, -0.2) is 13.5 Å². The molecule has 1 aromatic heterocycles. The largest absolute Gasteiger partial charge is 0.420 e. The second-order valence-electron chi connectivity index (χ2n) is 8.45. The molecule has 37 heavy (non-hydrogen) atoms. The minimum Gasteiger partial charge on any atom is -0.381 e. The van der Waals surface area contributed by atoms with Crippen molar-refractivity contribution in [2.24, 2.45) is 0 Å². The van der Waals surface area contributed by atoms with Crippen molar-refractivity contribution in [1.82, 2.24) is 9.78 Å². The number of likely N-dealkylation sites (N-methyl/N-ethyl adjacent to an activating group) is 1. The minimum atomic E-state index is -5.09. The normalized spacial score (nSPS) is 13.2. The Bertz CT molecular complexity index is 1440. The molecule has 0 saturated carbocycles. The van der Waals surface area contributed by atoms with Crippen molar-refractivity contribution >= 4 is 22.3 Å². The van der Waals surface area contributed by atoms with Crippen LogP contribution in [0.1, 0.15) is 12.5 Å². The number of nitriles is 1. The van der Waals surface area contributed by atoms with Gasteiger partial charge in [-0.1, -0.05) is 6.07 Å². The molecule has 0 saturated heterocycles. The highest BCUT2D eigenvalue weighted by Gasteiger charge is 2.54. The second kappa shape index (κ2) is 10.1. The molecule has 0 spiro atoms. The van der Waals surface area contributed by atoms with Gasteiger partial charge in [-0.05, 0) is 55.5 Å². The van der Waals surface area contributed by atoms with E-state index in [1.54, 1.807) is 47.1 Å². The summed E-state index contributed by atoms with van der Waals surface area (Å²) in [5.41, 5.74) is -1.69. The van der Waals surface area contributed by atoms with Crippen molar-refractivity contribution in [2.75, 3.05) is 29.9 Å². The molecule has 1 atom stereocenters. The Balaban J connectivity index is 1.62. The van der Waals surface area contributed by atoms with Crippen molar-refractivity contribution in [2.45, 2.75) is 18.7 Å². The van der Waals surface area contributed by atoms with Crippen molar-refractivity contribution in [3.8, 4) is 11.8 Å². The maximum Gasteiger partial charge on any atom is 0.420 e. The van der Waals surface area contributed by atoms with E-state index in [-0.39, 0.29) is 12.2 Å². The van der Waals surface area contributed by atoms with E-state index in [1.807, 2.05) is 6.07 Å². The molecule has 0 bridgehead atoms. The zero-order valence-corrected chi connectivity index (χ0v) is 19.6. The Labute approximate surface area is 209 Å². The number of hydrogen-bond acceptors (Lipinski definition) is 5. The van der Waals surface area contributed by atoms with Crippen LogP contribution in [0, 0.1) is 23.0 Å². The summed E-state index contributed by atoms with van der Waals surface area (Å²) in [5.74, 6) is -1.71. The first-order valence-corrected chi connectivity index (χ1v) is 11.3. The lowest BCUT2D eigenvalue weighted by Crippen LogP contribution is -2.58. The predicted octanol–water partition coefficient (Wildman–Crippen LogP) is 5.41. The fourth-order valence-corrected chi connectivity index (χ4v) is 3.99. The standard InChI is InChI=1S/C26H22F5N5O/c1-2-35(24-12-18(27)8-11-21(24)28)16-25(37,26(29,30)31)15-33-22-4-3-5-23-20(22)14-34-36(23)19-9-6-17(13-32)7-10-19/h3-12,14,33,37H,2,15-16H2,1H3. The third kappa shape index (κ3) is 5.20. The number of benzene rings is 3. The van der Waals surface area contributed by atoms with Crippen LogP contribution in [0.4, 0.5) is 33.3 Å². The van der Waals surface area contributed by atoms with Gasteiger partial charge in [0.2, 0.25) is 0 Å². The highest BCUT2D eigenvalue weighted by atomic mass is 19.4. The molecular weight excluding hydrogens is 493 g/mol. The predicted molar refractivity (Wildman–Crippen MR) is 130 cm³/mol. The quantitative estimate of drug-likeness (QED) is 0.307. The van der Waals surface area contributed by atoms with Crippen LogP contribution in [0.3, 0.4) is 0 Å². The highest BCUT2D eigenvalue weighted by molar-refractivity contribution is 5.92. The van der Waals surface area contributed by atoms with E-state index >= 15 is 0 Å². The van der Waals surface area contributed by atoms with Gasteiger partial charge < -0.3 is 15.3 Å². The smallest absolute Gasteiger partial charge is 0.381 e. The molecule has 0 aliphatic rings. The topological polar surface area (TPSA) is 77.1 Å². The van der Waals surface area contributed by atoms with Crippen LogP contribution in [-0.4, -0.2) is 46.3 Å². The number of halogens is 5. The molecule has 11 heteroatoms. The number of anilines is 2.